The molecule has 7 nitrogen and oxygen atoms in total. The first kappa shape index (κ1) is 13.3. The number of hydrogen-bond donors (Lipinski definition) is 3. The summed E-state index contributed by atoms with van der Waals surface area (Å²) in [7, 11) is 0. The van der Waals surface area contributed by atoms with Crippen LogP contribution in [0.4, 0.5) is 0 Å². The Morgan fingerprint density at radius 2 is 2.24 bits per heavy atom. The first-order chi connectivity index (χ1) is 10.2. The highest BCUT2D eigenvalue weighted by atomic mass is 16.1. The van der Waals surface area contributed by atoms with Crippen molar-refractivity contribution in [2.75, 3.05) is 0 Å². The summed E-state index contributed by atoms with van der Waals surface area (Å²) in [4.78, 5) is 23.6. The van der Waals surface area contributed by atoms with E-state index in [2.05, 4.69) is 30.5 Å². The van der Waals surface area contributed by atoms with Crippen molar-refractivity contribution in [2.45, 2.75) is 25.8 Å². The van der Waals surface area contributed by atoms with Gasteiger partial charge in [-0.3, -0.25) is 9.89 Å². The molecule has 0 aliphatic heterocycles. The summed E-state index contributed by atoms with van der Waals surface area (Å²) in [6.45, 7) is 1.86. The number of rotatable bonds is 5. The molecule has 0 spiro atoms. The standard InChI is InChI=1S/C14H16N6O/c1-9(14-15-8-16-20-14)17-13(21)7-6-12-18-10-4-2-3-5-11(10)19-12/h2-5,8-9H,6-7H2,1H3,(H,17,21)(H,18,19)(H,15,16,20). The van der Waals surface area contributed by atoms with E-state index >= 15 is 0 Å². The number of carbonyl (C=O) groups is 1. The third-order valence-corrected chi connectivity index (χ3v) is 3.25. The summed E-state index contributed by atoms with van der Waals surface area (Å²) in [5.74, 6) is 1.42. The highest BCUT2D eigenvalue weighted by molar-refractivity contribution is 5.77. The van der Waals surface area contributed by atoms with Crippen LogP contribution in [0.1, 0.15) is 31.0 Å². The number of imidazole rings is 1. The molecular formula is C14H16N6O. The van der Waals surface area contributed by atoms with Crippen LogP contribution in [0.2, 0.25) is 0 Å². The molecule has 3 rings (SSSR count). The molecule has 0 fully saturated rings. The summed E-state index contributed by atoms with van der Waals surface area (Å²) in [5.41, 5.74) is 1.91. The van der Waals surface area contributed by atoms with Crippen LogP contribution in [0.3, 0.4) is 0 Å². The van der Waals surface area contributed by atoms with Gasteiger partial charge in [0.05, 0.1) is 17.1 Å². The molecule has 2 heterocycles. The number of aryl methyl sites for hydroxylation is 1. The minimum absolute atomic E-state index is 0.0423. The lowest BCUT2D eigenvalue weighted by atomic mass is 10.2. The van der Waals surface area contributed by atoms with Crippen molar-refractivity contribution in [3.05, 3.63) is 42.2 Å². The fourth-order valence-electron chi connectivity index (χ4n) is 2.16. The van der Waals surface area contributed by atoms with Crippen LogP contribution in [0, 0.1) is 0 Å². The molecule has 1 aromatic carbocycles. The molecular weight excluding hydrogens is 268 g/mol. The Morgan fingerprint density at radius 3 is 3.00 bits per heavy atom. The van der Waals surface area contributed by atoms with Gasteiger partial charge in [-0.05, 0) is 19.1 Å². The van der Waals surface area contributed by atoms with Gasteiger partial charge in [-0.2, -0.15) is 5.10 Å². The van der Waals surface area contributed by atoms with Crippen LogP contribution in [0.15, 0.2) is 30.6 Å². The molecule has 1 amide bonds. The van der Waals surface area contributed by atoms with Crippen molar-refractivity contribution in [1.29, 1.82) is 0 Å². The molecule has 3 aromatic rings. The summed E-state index contributed by atoms with van der Waals surface area (Å²) in [5, 5.41) is 9.38. The van der Waals surface area contributed by atoms with Crippen LogP contribution >= 0.6 is 0 Å². The second-order valence-corrected chi connectivity index (χ2v) is 4.86. The molecule has 108 valence electrons. The minimum atomic E-state index is -0.185. The third-order valence-electron chi connectivity index (χ3n) is 3.25. The summed E-state index contributed by atoms with van der Waals surface area (Å²) in [6.07, 6.45) is 2.37. The Kier molecular flexibility index (Phi) is 3.63. The lowest BCUT2D eigenvalue weighted by Crippen LogP contribution is -2.27. The second kappa shape index (κ2) is 5.74. The SMILES string of the molecule is CC(NC(=O)CCc1nc2ccccc2[nH]1)c1ncn[nH]1. The first-order valence-corrected chi connectivity index (χ1v) is 6.80. The number of nitrogens with zero attached hydrogens (tertiary/aromatic N) is 3. The molecule has 1 unspecified atom stereocenters. The number of aromatic amines is 2. The average molecular weight is 284 g/mol. The van der Waals surface area contributed by atoms with Crippen molar-refractivity contribution in [3.63, 3.8) is 0 Å². The van der Waals surface area contributed by atoms with Crippen molar-refractivity contribution >= 4 is 16.9 Å². The molecule has 3 N–H and O–H groups in total. The highest BCUT2D eigenvalue weighted by Gasteiger charge is 2.12. The summed E-state index contributed by atoms with van der Waals surface area (Å²) < 4.78 is 0. The topological polar surface area (TPSA) is 99.3 Å². The Hall–Kier alpha value is -2.70. The van der Waals surface area contributed by atoms with E-state index in [1.807, 2.05) is 31.2 Å². The molecule has 0 bridgehead atoms. The van der Waals surface area contributed by atoms with Gasteiger partial charge in [-0.15, -0.1) is 0 Å². The largest absolute Gasteiger partial charge is 0.346 e. The van der Waals surface area contributed by atoms with E-state index < -0.39 is 0 Å². The lowest BCUT2D eigenvalue weighted by Gasteiger charge is -2.10. The van der Waals surface area contributed by atoms with Crippen LogP contribution in [0.5, 0.6) is 0 Å². The van der Waals surface area contributed by atoms with Crippen molar-refractivity contribution in [1.82, 2.24) is 30.5 Å². The molecule has 2 aromatic heterocycles. The van der Waals surface area contributed by atoms with Gasteiger partial charge in [0.15, 0.2) is 0 Å². The number of benzene rings is 1. The van der Waals surface area contributed by atoms with Gasteiger partial charge < -0.3 is 10.3 Å². The summed E-state index contributed by atoms with van der Waals surface area (Å²) in [6, 6.07) is 7.63. The van der Waals surface area contributed by atoms with Crippen LogP contribution in [0.25, 0.3) is 11.0 Å². The number of nitrogens with one attached hydrogen (secondary N) is 3. The van der Waals surface area contributed by atoms with Gasteiger partial charge in [0, 0.05) is 12.8 Å². The van der Waals surface area contributed by atoms with E-state index in [4.69, 9.17) is 0 Å². The quantitative estimate of drug-likeness (QED) is 0.661. The molecule has 0 aliphatic carbocycles. The average Bonchev–Trinajstić information content (AvgIpc) is 3.14. The zero-order chi connectivity index (χ0) is 14.7. The van der Waals surface area contributed by atoms with Crippen molar-refractivity contribution in [2.24, 2.45) is 0 Å². The Balaban J connectivity index is 1.56. The second-order valence-electron chi connectivity index (χ2n) is 4.86. The van der Waals surface area contributed by atoms with Crippen LogP contribution in [-0.2, 0) is 11.2 Å². The van der Waals surface area contributed by atoms with E-state index in [0.717, 1.165) is 16.9 Å². The number of H-pyrrole nitrogens is 2. The Bertz CT molecular complexity index is 700. The molecule has 0 saturated carbocycles. The van der Waals surface area contributed by atoms with Gasteiger partial charge in [-0.25, -0.2) is 9.97 Å². The van der Waals surface area contributed by atoms with Gasteiger partial charge in [0.2, 0.25) is 5.91 Å². The maximum absolute atomic E-state index is 11.9. The predicted molar refractivity (Wildman–Crippen MR) is 77.4 cm³/mol. The fraction of sp³-hybridized carbons (Fsp3) is 0.286. The van der Waals surface area contributed by atoms with E-state index in [-0.39, 0.29) is 11.9 Å². The maximum Gasteiger partial charge on any atom is 0.221 e. The number of carbonyl (C=O) groups excluding carboxylic acids is 1. The van der Waals surface area contributed by atoms with Crippen molar-refractivity contribution < 1.29 is 4.79 Å². The fourth-order valence-corrected chi connectivity index (χ4v) is 2.16. The zero-order valence-corrected chi connectivity index (χ0v) is 11.6. The monoisotopic (exact) mass is 284 g/mol. The normalized spacial score (nSPS) is 12.4. The number of aromatic nitrogens is 5. The van der Waals surface area contributed by atoms with Gasteiger partial charge >= 0.3 is 0 Å². The first-order valence-electron chi connectivity index (χ1n) is 6.80. The van der Waals surface area contributed by atoms with Gasteiger partial charge in [0.25, 0.3) is 0 Å². The molecule has 0 aliphatic rings. The molecule has 1 atom stereocenters. The number of para-hydroxylation sites is 2. The van der Waals surface area contributed by atoms with Crippen LogP contribution < -0.4 is 5.32 Å². The Morgan fingerprint density at radius 1 is 1.38 bits per heavy atom. The van der Waals surface area contributed by atoms with Gasteiger partial charge in [0.1, 0.15) is 18.0 Å². The molecule has 0 saturated heterocycles. The van der Waals surface area contributed by atoms with Gasteiger partial charge in [-0.1, -0.05) is 12.1 Å². The molecule has 0 radical (unpaired) electrons. The van der Waals surface area contributed by atoms with E-state index in [1.54, 1.807) is 0 Å². The Labute approximate surface area is 121 Å². The molecule has 7 heteroatoms. The van der Waals surface area contributed by atoms with E-state index in [9.17, 15) is 4.79 Å². The maximum atomic E-state index is 11.9. The van der Waals surface area contributed by atoms with Crippen molar-refractivity contribution in [3.8, 4) is 0 Å². The zero-order valence-electron chi connectivity index (χ0n) is 11.6. The summed E-state index contributed by atoms with van der Waals surface area (Å²) >= 11 is 0. The third kappa shape index (κ3) is 3.07. The van der Waals surface area contributed by atoms with Crippen LogP contribution in [-0.4, -0.2) is 31.1 Å². The van der Waals surface area contributed by atoms with E-state index in [1.165, 1.54) is 6.33 Å². The molecule has 21 heavy (non-hydrogen) atoms. The number of fused-ring (bicyclic) bond motifs is 1. The highest BCUT2D eigenvalue weighted by Crippen LogP contribution is 2.11. The number of hydrogen-bond acceptors (Lipinski definition) is 4. The predicted octanol–water partition coefficient (Wildman–Crippen LogP) is 1.49. The lowest BCUT2D eigenvalue weighted by molar-refractivity contribution is -0.121. The minimum Gasteiger partial charge on any atom is -0.346 e. The number of amides is 1. The smallest absolute Gasteiger partial charge is 0.221 e. The van der Waals surface area contributed by atoms with E-state index in [0.29, 0.717) is 18.7 Å².